The van der Waals surface area contributed by atoms with Gasteiger partial charge in [0, 0.05) is 6.42 Å². The van der Waals surface area contributed by atoms with E-state index in [4.69, 9.17) is 13.8 Å². The largest absolute Gasteiger partial charge is 0.495 e. The summed E-state index contributed by atoms with van der Waals surface area (Å²) in [5.41, 5.74) is 0.736. The predicted molar refractivity (Wildman–Crippen MR) is 65.0 cm³/mol. The Hall–Kier alpha value is -0.350. The molecule has 1 fully saturated rings. The molecule has 6 heteroatoms. The normalized spacial score (nSPS) is 23.6. The van der Waals surface area contributed by atoms with Gasteiger partial charge in [0.05, 0.1) is 26.0 Å². The molecule has 0 aromatic carbocycles. The minimum atomic E-state index is -3.10. The van der Waals surface area contributed by atoms with Gasteiger partial charge >= 0.3 is 7.60 Å². The summed E-state index contributed by atoms with van der Waals surface area (Å²) in [7, 11) is -3.10. The van der Waals surface area contributed by atoms with Crippen molar-refractivity contribution in [3.63, 3.8) is 0 Å². The van der Waals surface area contributed by atoms with Gasteiger partial charge in [-0.1, -0.05) is 0 Å². The first-order valence-electron chi connectivity index (χ1n) is 5.91. The van der Waals surface area contributed by atoms with E-state index in [0.29, 0.717) is 32.0 Å². The molecule has 0 aromatic heterocycles. The fraction of sp³-hybridized carbons (Fsp3) is 0.818. The molecule has 0 amide bonds. The highest BCUT2D eigenvalue weighted by Crippen LogP contribution is 2.50. The van der Waals surface area contributed by atoms with Crippen LogP contribution in [0.2, 0.25) is 0 Å². The molecule has 0 saturated carbocycles. The van der Waals surface area contributed by atoms with Gasteiger partial charge in [0.25, 0.3) is 0 Å². The van der Waals surface area contributed by atoms with Crippen molar-refractivity contribution in [1.29, 1.82) is 0 Å². The average molecular weight is 264 g/mol. The zero-order chi connectivity index (χ0) is 12.9. The number of aliphatic hydroxyl groups is 1. The number of allylic oxidation sites excluding steroid dienone is 1. The molecule has 1 atom stereocenters. The topological polar surface area (TPSA) is 65.0 Å². The number of hydrogen-bond acceptors (Lipinski definition) is 5. The standard InChI is InChI=1S/C11H21O5P/c1-4-15-17(13,16-5-2)8-9(3)11-10(12)6-7-14-11/h10,12H,4-8H2,1-3H3/b11-9+/t10-/m1/s1. The first-order chi connectivity index (χ1) is 8.02. The van der Waals surface area contributed by atoms with Gasteiger partial charge in [-0.05, 0) is 26.3 Å². The molecule has 0 spiro atoms. The van der Waals surface area contributed by atoms with Crippen molar-refractivity contribution in [1.82, 2.24) is 0 Å². The molecule has 1 saturated heterocycles. The molecule has 1 aliphatic rings. The first kappa shape index (κ1) is 14.7. The van der Waals surface area contributed by atoms with Gasteiger partial charge in [-0.3, -0.25) is 4.57 Å². The smallest absolute Gasteiger partial charge is 0.334 e. The summed E-state index contributed by atoms with van der Waals surface area (Å²) in [4.78, 5) is 0. The second-order valence-corrected chi connectivity index (χ2v) is 5.96. The Balaban J connectivity index is 2.76. The zero-order valence-corrected chi connectivity index (χ0v) is 11.5. The summed E-state index contributed by atoms with van der Waals surface area (Å²) < 4.78 is 28.0. The van der Waals surface area contributed by atoms with Crippen LogP contribution in [0.5, 0.6) is 0 Å². The highest BCUT2D eigenvalue weighted by molar-refractivity contribution is 7.54. The third-order valence-corrected chi connectivity index (χ3v) is 4.62. The van der Waals surface area contributed by atoms with E-state index in [1.165, 1.54) is 0 Å². The number of hydrogen-bond donors (Lipinski definition) is 1. The predicted octanol–water partition coefficient (Wildman–Crippen LogP) is 2.31. The summed E-state index contributed by atoms with van der Waals surface area (Å²) in [6.07, 6.45) is 0.160. The Kier molecular flexibility index (Phi) is 5.67. The fourth-order valence-corrected chi connectivity index (χ4v) is 3.59. The SMILES string of the molecule is CCOP(=O)(C/C(C)=C1/OCC[C@H]1O)OCC. The van der Waals surface area contributed by atoms with Gasteiger partial charge in [0.15, 0.2) is 0 Å². The van der Waals surface area contributed by atoms with E-state index in [1.807, 2.05) is 0 Å². The monoisotopic (exact) mass is 264 g/mol. The lowest BCUT2D eigenvalue weighted by molar-refractivity contribution is 0.188. The van der Waals surface area contributed by atoms with Gasteiger partial charge in [0.2, 0.25) is 0 Å². The second-order valence-electron chi connectivity index (χ2n) is 3.90. The third-order valence-electron chi connectivity index (χ3n) is 2.45. The molecular weight excluding hydrogens is 243 g/mol. The fourth-order valence-electron chi connectivity index (χ4n) is 1.81. The third kappa shape index (κ3) is 4.11. The average Bonchev–Trinajstić information content (AvgIpc) is 2.64. The maximum atomic E-state index is 12.3. The van der Waals surface area contributed by atoms with Crippen LogP contribution in [0.25, 0.3) is 0 Å². The summed E-state index contributed by atoms with van der Waals surface area (Å²) in [5.74, 6) is 0.518. The summed E-state index contributed by atoms with van der Waals surface area (Å²) in [6, 6.07) is 0. The lowest BCUT2D eigenvalue weighted by Crippen LogP contribution is -2.08. The van der Waals surface area contributed by atoms with E-state index in [1.54, 1.807) is 20.8 Å². The molecule has 1 rings (SSSR count). The highest BCUT2D eigenvalue weighted by atomic mass is 31.2. The minimum absolute atomic E-state index is 0.168. The Bertz CT molecular complexity index is 316. The molecule has 0 unspecified atom stereocenters. The molecule has 17 heavy (non-hydrogen) atoms. The van der Waals surface area contributed by atoms with Crippen LogP contribution in [0.3, 0.4) is 0 Å². The van der Waals surface area contributed by atoms with Gasteiger partial charge in [0.1, 0.15) is 11.9 Å². The zero-order valence-electron chi connectivity index (χ0n) is 10.6. The second kappa shape index (κ2) is 6.55. The lowest BCUT2D eigenvalue weighted by Gasteiger charge is -2.18. The molecule has 1 N–H and O–H groups in total. The van der Waals surface area contributed by atoms with Gasteiger partial charge in [-0.25, -0.2) is 0 Å². The number of ether oxygens (including phenoxy) is 1. The van der Waals surface area contributed by atoms with Crippen LogP contribution in [0.1, 0.15) is 27.2 Å². The lowest BCUT2D eigenvalue weighted by atomic mass is 10.2. The maximum absolute atomic E-state index is 12.3. The van der Waals surface area contributed by atoms with Crippen LogP contribution in [-0.4, -0.2) is 37.2 Å². The number of aliphatic hydroxyl groups excluding tert-OH is 1. The Labute approximate surface area is 102 Å². The summed E-state index contributed by atoms with van der Waals surface area (Å²) in [6.45, 7) is 6.51. The van der Waals surface area contributed by atoms with Crippen molar-refractivity contribution >= 4 is 7.60 Å². The number of rotatable bonds is 6. The molecule has 100 valence electrons. The molecule has 0 aliphatic carbocycles. The summed E-state index contributed by atoms with van der Waals surface area (Å²) in [5, 5.41) is 9.66. The Morgan fingerprint density at radius 1 is 1.47 bits per heavy atom. The van der Waals surface area contributed by atoms with Crippen molar-refractivity contribution in [3.8, 4) is 0 Å². The van der Waals surface area contributed by atoms with Crippen LogP contribution in [0, 0.1) is 0 Å². The van der Waals surface area contributed by atoms with Crippen LogP contribution >= 0.6 is 7.60 Å². The molecule has 1 aliphatic heterocycles. The molecule has 0 bridgehead atoms. The van der Waals surface area contributed by atoms with Crippen molar-refractivity contribution in [3.05, 3.63) is 11.3 Å². The van der Waals surface area contributed by atoms with Crippen molar-refractivity contribution in [2.45, 2.75) is 33.3 Å². The van der Waals surface area contributed by atoms with E-state index in [0.717, 1.165) is 5.57 Å². The molecule has 0 aromatic rings. The van der Waals surface area contributed by atoms with Crippen molar-refractivity contribution in [2.75, 3.05) is 26.0 Å². The van der Waals surface area contributed by atoms with Crippen molar-refractivity contribution < 1.29 is 23.5 Å². The molecular formula is C11H21O5P. The molecule has 1 heterocycles. The van der Waals surface area contributed by atoms with Crippen LogP contribution < -0.4 is 0 Å². The Morgan fingerprint density at radius 2 is 2.06 bits per heavy atom. The minimum Gasteiger partial charge on any atom is -0.495 e. The van der Waals surface area contributed by atoms with Gasteiger partial charge in [-0.2, -0.15) is 0 Å². The van der Waals surface area contributed by atoms with Gasteiger partial charge < -0.3 is 18.9 Å². The molecule has 0 radical (unpaired) electrons. The van der Waals surface area contributed by atoms with E-state index >= 15 is 0 Å². The van der Waals surface area contributed by atoms with E-state index < -0.39 is 13.7 Å². The first-order valence-corrected chi connectivity index (χ1v) is 7.63. The summed E-state index contributed by atoms with van der Waals surface area (Å²) >= 11 is 0. The van der Waals surface area contributed by atoms with Crippen LogP contribution in [0.15, 0.2) is 11.3 Å². The van der Waals surface area contributed by atoms with Crippen LogP contribution in [0.4, 0.5) is 0 Å². The quantitative estimate of drug-likeness (QED) is 0.746. The van der Waals surface area contributed by atoms with Crippen molar-refractivity contribution in [2.24, 2.45) is 0 Å². The Morgan fingerprint density at radius 3 is 2.47 bits per heavy atom. The van der Waals surface area contributed by atoms with E-state index in [-0.39, 0.29) is 6.16 Å². The highest BCUT2D eigenvalue weighted by Gasteiger charge is 2.29. The van der Waals surface area contributed by atoms with E-state index in [2.05, 4.69) is 0 Å². The van der Waals surface area contributed by atoms with Gasteiger partial charge in [-0.15, -0.1) is 0 Å². The van der Waals surface area contributed by atoms with Crippen LogP contribution in [-0.2, 0) is 18.3 Å². The molecule has 5 nitrogen and oxygen atoms in total. The van der Waals surface area contributed by atoms with E-state index in [9.17, 15) is 9.67 Å². The maximum Gasteiger partial charge on any atom is 0.334 e.